The largest absolute Gasteiger partial charge is 0.495 e. The third-order valence-corrected chi connectivity index (χ3v) is 3.28. The van der Waals surface area contributed by atoms with Crippen LogP contribution in [0.25, 0.3) is 11.1 Å². The number of nitrogens with one attached hydrogen (secondary N) is 1. The lowest BCUT2D eigenvalue weighted by molar-refractivity contribution is 0.416. The fourth-order valence-electron chi connectivity index (χ4n) is 1.98. The van der Waals surface area contributed by atoms with Gasteiger partial charge in [-0.15, -0.1) is 0 Å². The minimum atomic E-state index is -0.458. The molecule has 2 rings (SSSR count). The van der Waals surface area contributed by atoms with E-state index >= 15 is 0 Å². The number of hydrogen-bond donors (Lipinski definition) is 1. The Hall–Kier alpha value is -1.96. The van der Waals surface area contributed by atoms with E-state index in [-0.39, 0.29) is 5.56 Å². The fourth-order valence-corrected chi connectivity index (χ4v) is 2.55. The molecule has 0 spiro atoms. The standard InChI is InChI=1S/C14H10Cl2N2O2/c1-7-3-9(11(6-17)14(19)18-7)10-4-8(15)5-12(16)13(10)20-2/h3-5H,1-2H3,(H,18,19). The smallest absolute Gasteiger partial charge is 0.266 e. The highest BCUT2D eigenvalue weighted by Crippen LogP contribution is 2.39. The number of halogens is 2. The topological polar surface area (TPSA) is 65.9 Å². The van der Waals surface area contributed by atoms with Gasteiger partial charge in [-0.2, -0.15) is 5.26 Å². The molecule has 0 atom stereocenters. The molecule has 6 heteroatoms. The Bertz CT molecular complexity index is 776. The molecule has 0 bridgehead atoms. The van der Waals surface area contributed by atoms with Gasteiger partial charge in [-0.1, -0.05) is 23.2 Å². The van der Waals surface area contributed by atoms with Gasteiger partial charge in [0.25, 0.3) is 5.56 Å². The Morgan fingerprint density at radius 3 is 2.55 bits per heavy atom. The van der Waals surface area contributed by atoms with Crippen LogP contribution in [0.1, 0.15) is 11.3 Å². The summed E-state index contributed by atoms with van der Waals surface area (Å²) >= 11 is 12.1. The molecular weight excluding hydrogens is 299 g/mol. The molecule has 1 heterocycles. The van der Waals surface area contributed by atoms with Gasteiger partial charge in [-0.3, -0.25) is 4.79 Å². The lowest BCUT2D eigenvalue weighted by Gasteiger charge is -2.12. The third kappa shape index (κ3) is 2.51. The predicted octanol–water partition coefficient (Wildman–Crippen LogP) is 3.54. The van der Waals surface area contributed by atoms with Gasteiger partial charge in [0.2, 0.25) is 0 Å². The maximum absolute atomic E-state index is 11.8. The molecule has 0 aliphatic heterocycles. The minimum Gasteiger partial charge on any atom is -0.495 e. The normalized spacial score (nSPS) is 10.2. The summed E-state index contributed by atoms with van der Waals surface area (Å²) in [4.78, 5) is 14.4. The van der Waals surface area contributed by atoms with Crippen molar-refractivity contribution in [1.82, 2.24) is 4.98 Å². The molecule has 20 heavy (non-hydrogen) atoms. The van der Waals surface area contributed by atoms with Crippen LogP contribution in [0.2, 0.25) is 10.0 Å². The van der Waals surface area contributed by atoms with Crippen molar-refractivity contribution in [3.05, 3.63) is 49.9 Å². The SMILES string of the molecule is COc1c(Cl)cc(Cl)cc1-c1cc(C)[nH]c(=O)c1C#N. The van der Waals surface area contributed by atoms with Crippen molar-refractivity contribution in [2.24, 2.45) is 0 Å². The second-order valence-corrected chi connectivity index (χ2v) is 4.99. The number of aromatic amines is 1. The summed E-state index contributed by atoms with van der Waals surface area (Å²) in [6.45, 7) is 1.73. The third-order valence-electron chi connectivity index (χ3n) is 2.78. The van der Waals surface area contributed by atoms with E-state index in [9.17, 15) is 10.1 Å². The molecule has 1 aromatic heterocycles. The molecule has 0 unspecified atom stereocenters. The molecule has 0 saturated heterocycles. The van der Waals surface area contributed by atoms with Crippen LogP contribution in [0.4, 0.5) is 0 Å². The van der Waals surface area contributed by atoms with Crippen LogP contribution in [0.5, 0.6) is 5.75 Å². The fraction of sp³-hybridized carbons (Fsp3) is 0.143. The van der Waals surface area contributed by atoms with Crippen molar-refractivity contribution in [2.45, 2.75) is 6.92 Å². The van der Waals surface area contributed by atoms with Crippen LogP contribution in [-0.2, 0) is 0 Å². The summed E-state index contributed by atoms with van der Waals surface area (Å²) in [5.41, 5.74) is 1.11. The number of rotatable bonds is 2. The highest BCUT2D eigenvalue weighted by Gasteiger charge is 2.17. The lowest BCUT2D eigenvalue weighted by atomic mass is 10.00. The number of H-pyrrole nitrogens is 1. The Labute approximate surface area is 125 Å². The van der Waals surface area contributed by atoms with Gasteiger partial charge in [-0.25, -0.2) is 0 Å². The molecule has 1 aromatic carbocycles. The maximum Gasteiger partial charge on any atom is 0.266 e. The van der Waals surface area contributed by atoms with E-state index in [2.05, 4.69) is 4.98 Å². The molecule has 1 N–H and O–H groups in total. The van der Waals surface area contributed by atoms with Crippen molar-refractivity contribution >= 4 is 23.2 Å². The maximum atomic E-state index is 11.8. The molecule has 0 aliphatic rings. The van der Waals surface area contributed by atoms with Gasteiger partial charge < -0.3 is 9.72 Å². The second-order valence-electron chi connectivity index (χ2n) is 4.15. The molecule has 0 radical (unpaired) electrons. The lowest BCUT2D eigenvalue weighted by Crippen LogP contribution is -2.13. The minimum absolute atomic E-state index is 0.00719. The molecule has 0 fully saturated rings. The van der Waals surface area contributed by atoms with E-state index in [0.717, 1.165) is 0 Å². The average Bonchev–Trinajstić information content (AvgIpc) is 2.37. The summed E-state index contributed by atoms with van der Waals surface area (Å²) < 4.78 is 5.25. The number of aromatic nitrogens is 1. The number of nitriles is 1. The first-order chi connectivity index (χ1) is 9.47. The van der Waals surface area contributed by atoms with E-state index in [1.807, 2.05) is 6.07 Å². The van der Waals surface area contributed by atoms with E-state index < -0.39 is 5.56 Å². The Balaban J connectivity index is 2.88. The molecule has 0 aliphatic carbocycles. The van der Waals surface area contributed by atoms with Crippen LogP contribution < -0.4 is 10.3 Å². The first-order valence-electron chi connectivity index (χ1n) is 5.65. The molecular formula is C14H10Cl2N2O2. The van der Waals surface area contributed by atoms with Crippen LogP contribution in [-0.4, -0.2) is 12.1 Å². The summed E-state index contributed by atoms with van der Waals surface area (Å²) in [6.07, 6.45) is 0. The number of hydrogen-bond acceptors (Lipinski definition) is 3. The Morgan fingerprint density at radius 1 is 1.25 bits per heavy atom. The number of pyridine rings is 1. The highest BCUT2D eigenvalue weighted by molar-refractivity contribution is 6.36. The molecule has 2 aromatic rings. The molecule has 102 valence electrons. The van der Waals surface area contributed by atoms with Crippen molar-refractivity contribution in [2.75, 3.05) is 7.11 Å². The molecule has 0 saturated carbocycles. The number of benzene rings is 1. The Kier molecular flexibility index (Phi) is 4.03. The summed E-state index contributed by atoms with van der Waals surface area (Å²) in [7, 11) is 1.46. The average molecular weight is 309 g/mol. The van der Waals surface area contributed by atoms with Gasteiger partial charge in [0, 0.05) is 21.8 Å². The second kappa shape index (κ2) is 5.58. The van der Waals surface area contributed by atoms with Crippen LogP contribution in [0.3, 0.4) is 0 Å². The summed E-state index contributed by atoms with van der Waals surface area (Å²) in [6, 6.07) is 6.73. The number of ether oxygens (including phenoxy) is 1. The van der Waals surface area contributed by atoms with Gasteiger partial charge in [0.15, 0.2) is 0 Å². The van der Waals surface area contributed by atoms with E-state index in [4.69, 9.17) is 27.9 Å². The quantitative estimate of drug-likeness (QED) is 0.922. The van der Waals surface area contributed by atoms with Gasteiger partial charge in [0.1, 0.15) is 17.4 Å². The van der Waals surface area contributed by atoms with Crippen LogP contribution in [0, 0.1) is 18.3 Å². The first kappa shape index (κ1) is 14.4. The Morgan fingerprint density at radius 2 is 1.95 bits per heavy atom. The number of aryl methyl sites for hydroxylation is 1. The zero-order chi connectivity index (χ0) is 14.9. The van der Waals surface area contributed by atoms with E-state index in [1.165, 1.54) is 13.2 Å². The van der Waals surface area contributed by atoms with E-state index in [0.29, 0.717) is 32.6 Å². The van der Waals surface area contributed by atoms with E-state index in [1.54, 1.807) is 19.1 Å². The zero-order valence-corrected chi connectivity index (χ0v) is 12.3. The predicted molar refractivity (Wildman–Crippen MR) is 78.5 cm³/mol. The molecule has 4 nitrogen and oxygen atoms in total. The first-order valence-corrected chi connectivity index (χ1v) is 6.41. The number of methoxy groups -OCH3 is 1. The van der Waals surface area contributed by atoms with Gasteiger partial charge in [0.05, 0.1) is 12.1 Å². The van der Waals surface area contributed by atoms with Crippen molar-refractivity contribution < 1.29 is 4.74 Å². The number of nitrogens with zero attached hydrogens (tertiary/aromatic N) is 1. The zero-order valence-electron chi connectivity index (χ0n) is 10.8. The van der Waals surface area contributed by atoms with Crippen LogP contribution in [0.15, 0.2) is 23.0 Å². The van der Waals surface area contributed by atoms with Crippen molar-refractivity contribution in [1.29, 1.82) is 5.26 Å². The molecule has 0 amide bonds. The van der Waals surface area contributed by atoms with Crippen LogP contribution >= 0.6 is 23.2 Å². The summed E-state index contributed by atoms with van der Waals surface area (Å²) in [5.74, 6) is 0.373. The monoisotopic (exact) mass is 308 g/mol. The van der Waals surface area contributed by atoms with Crippen molar-refractivity contribution in [3.8, 4) is 22.9 Å². The van der Waals surface area contributed by atoms with Crippen molar-refractivity contribution in [3.63, 3.8) is 0 Å². The van der Waals surface area contributed by atoms with Gasteiger partial charge >= 0.3 is 0 Å². The highest BCUT2D eigenvalue weighted by atomic mass is 35.5. The summed E-state index contributed by atoms with van der Waals surface area (Å²) in [5, 5.41) is 9.89. The van der Waals surface area contributed by atoms with Gasteiger partial charge in [-0.05, 0) is 25.1 Å².